The van der Waals surface area contributed by atoms with Crippen LogP contribution in [0.1, 0.15) is 24.0 Å². The van der Waals surface area contributed by atoms with Gasteiger partial charge in [0.25, 0.3) is 0 Å². The summed E-state index contributed by atoms with van der Waals surface area (Å²) in [6.07, 6.45) is 0. The molecule has 1 atom stereocenters. The van der Waals surface area contributed by atoms with Gasteiger partial charge in [-0.15, -0.1) is 0 Å². The first-order valence-corrected chi connectivity index (χ1v) is 4.78. The van der Waals surface area contributed by atoms with Crippen LogP contribution in [0.4, 0.5) is 4.39 Å². The van der Waals surface area contributed by atoms with Gasteiger partial charge in [0.05, 0.1) is 24.9 Å². The SMILES string of the molecule is [CH2]C(CF)c1cc(C#N)cc(OCC)c1. The van der Waals surface area contributed by atoms with Crippen LogP contribution < -0.4 is 4.74 Å². The van der Waals surface area contributed by atoms with Gasteiger partial charge in [0.15, 0.2) is 0 Å². The molecule has 0 spiro atoms. The molecule has 1 radical (unpaired) electrons. The van der Waals surface area contributed by atoms with Gasteiger partial charge in [-0.25, -0.2) is 0 Å². The molecule has 0 aliphatic carbocycles. The van der Waals surface area contributed by atoms with Gasteiger partial charge in [-0.3, -0.25) is 4.39 Å². The topological polar surface area (TPSA) is 33.0 Å². The summed E-state index contributed by atoms with van der Waals surface area (Å²) in [5.41, 5.74) is 1.16. The Morgan fingerprint density at radius 3 is 2.80 bits per heavy atom. The summed E-state index contributed by atoms with van der Waals surface area (Å²) >= 11 is 0. The van der Waals surface area contributed by atoms with Crippen LogP contribution in [0.2, 0.25) is 0 Å². The Labute approximate surface area is 89.3 Å². The molecular formula is C12H13FNO. The fraction of sp³-hybridized carbons (Fsp3) is 0.333. The molecule has 1 aromatic carbocycles. The lowest BCUT2D eigenvalue weighted by Gasteiger charge is -2.10. The quantitative estimate of drug-likeness (QED) is 0.758. The van der Waals surface area contributed by atoms with E-state index in [1.807, 2.05) is 13.0 Å². The largest absolute Gasteiger partial charge is 0.494 e. The van der Waals surface area contributed by atoms with Crippen LogP contribution in [-0.4, -0.2) is 13.3 Å². The molecule has 0 saturated carbocycles. The molecule has 15 heavy (non-hydrogen) atoms. The monoisotopic (exact) mass is 206 g/mol. The molecule has 0 amide bonds. The van der Waals surface area contributed by atoms with Crippen LogP contribution in [-0.2, 0) is 0 Å². The molecule has 0 N–H and O–H groups in total. The molecule has 1 rings (SSSR count). The summed E-state index contributed by atoms with van der Waals surface area (Å²) in [5.74, 6) is 0.145. The van der Waals surface area contributed by atoms with Gasteiger partial charge in [-0.05, 0) is 37.6 Å². The Hall–Kier alpha value is -1.56. The van der Waals surface area contributed by atoms with Crippen LogP contribution in [0, 0.1) is 18.3 Å². The Morgan fingerprint density at radius 1 is 1.53 bits per heavy atom. The van der Waals surface area contributed by atoms with Crippen LogP contribution in [0.3, 0.4) is 0 Å². The molecule has 2 nitrogen and oxygen atoms in total. The zero-order valence-electron chi connectivity index (χ0n) is 8.66. The molecule has 0 aliphatic rings. The Morgan fingerprint density at radius 2 is 2.27 bits per heavy atom. The van der Waals surface area contributed by atoms with Crippen molar-refractivity contribution in [3.8, 4) is 11.8 Å². The van der Waals surface area contributed by atoms with Crippen molar-refractivity contribution in [3.05, 3.63) is 36.2 Å². The lowest BCUT2D eigenvalue weighted by atomic mass is 10.00. The van der Waals surface area contributed by atoms with E-state index in [0.29, 0.717) is 23.5 Å². The zero-order valence-corrected chi connectivity index (χ0v) is 8.66. The number of nitrogens with zero attached hydrogens (tertiary/aromatic N) is 1. The molecule has 0 saturated heterocycles. The van der Waals surface area contributed by atoms with E-state index in [1.54, 1.807) is 18.2 Å². The molecule has 1 unspecified atom stereocenters. The fourth-order valence-electron chi connectivity index (χ4n) is 1.26. The highest BCUT2D eigenvalue weighted by Crippen LogP contribution is 2.23. The molecule has 3 heteroatoms. The number of ether oxygens (including phenoxy) is 1. The van der Waals surface area contributed by atoms with Crippen molar-refractivity contribution in [3.63, 3.8) is 0 Å². The first-order chi connectivity index (χ1) is 7.21. The van der Waals surface area contributed by atoms with E-state index < -0.39 is 12.6 Å². The third-order valence-corrected chi connectivity index (χ3v) is 2.03. The highest BCUT2D eigenvalue weighted by atomic mass is 19.1. The summed E-state index contributed by atoms with van der Waals surface area (Å²) in [4.78, 5) is 0. The predicted octanol–water partition coefficient (Wildman–Crippen LogP) is 2.84. The lowest BCUT2D eigenvalue weighted by Crippen LogP contribution is -1.99. The first kappa shape index (κ1) is 11.5. The molecule has 79 valence electrons. The van der Waals surface area contributed by atoms with Crippen molar-refractivity contribution < 1.29 is 9.13 Å². The highest BCUT2D eigenvalue weighted by Gasteiger charge is 2.08. The smallest absolute Gasteiger partial charge is 0.120 e. The summed E-state index contributed by atoms with van der Waals surface area (Å²) in [5, 5.41) is 8.79. The van der Waals surface area contributed by atoms with E-state index in [0.717, 1.165) is 0 Å². The van der Waals surface area contributed by atoms with E-state index >= 15 is 0 Å². The number of alkyl halides is 1. The summed E-state index contributed by atoms with van der Waals surface area (Å²) in [6.45, 7) is 5.50. The van der Waals surface area contributed by atoms with Gasteiger partial charge in [0.1, 0.15) is 5.75 Å². The van der Waals surface area contributed by atoms with Gasteiger partial charge in [0, 0.05) is 5.92 Å². The maximum absolute atomic E-state index is 12.4. The van der Waals surface area contributed by atoms with E-state index in [4.69, 9.17) is 10.00 Å². The molecule has 0 aliphatic heterocycles. The number of halogens is 1. The van der Waals surface area contributed by atoms with Crippen LogP contribution in [0.25, 0.3) is 0 Å². The van der Waals surface area contributed by atoms with Crippen molar-refractivity contribution in [1.29, 1.82) is 5.26 Å². The van der Waals surface area contributed by atoms with Gasteiger partial charge in [-0.1, -0.05) is 0 Å². The second-order valence-electron chi connectivity index (χ2n) is 3.19. The molecular weight excluding hydrogens is 193 g/mol. The Balaban J connectivity index is 3.06. The second kappa shape index (κ2) is 5.35. The van der Waals surface area contributed by atoms with E-state index in [-0.39, 0.29) is 0 Å². The van der Waals surface area contributed by atoms with Gasteiger partial charge in [-0.2, -0.15) is 5.26 Å². The number of nitriles is 1. The molecule has 0 heterocycles. The fourth-order valence-corrected chi connectivity index (χ4v) is 1.26. The van der Waals surface area contributed by atoms with Crippen LogP contribution >= 0.6 is 0 Å². The van der Waals surface area contributed by atoms with Gasteiger partial charge >= 0.3 is 0 Å². The van der Waals surface area contributed by atoms with Crippen LogP contribution in [0.15, 0.2) is 18.2 Å². The number of hydrogen-bond acceptors (Lipinski definition) is 2. The third-order valence-electron chi connectivity index (χ3n) is 2.03. The van der Waals surface area contributed by atoms with E-state index in [9.17, 15) is 4.39 Å². The summed E-state index contributed by atoms with van der Waals surface area (Å²) in [7, 11) is 0. The van der Waals surface area contributed by atoms with Crippen molar-refractivity contribution in [2.75, 3.05) is 13.3 Å². The molecule has 1 aromatic rings. The van der Waals surface area contributed by atoms with Gasteiger partial charge in [0.2, 0.25) is 0 Å². The maximum atomic E-state index is 12.4. The summed E-state index contributed by atoms with van der Waals surface area (Å²) in [6, 6.07) is 7.01. The average Bonchev–Trinajstić information content (AvgIpc) is 2.28. The Kier molecular flexibility index (Phi) is 4.11. The number of benzene rings is 1. The summed E-state index contributed by atoms with van der Waals surface area (Å²) < 4.78 is 17.7. The highest BCUT2D eigenvalue weighted by molar-refractivity contribution is 5.42. The standard InChI is InChI=1S/C12H13FNO/c1-3-15-12-5-10(8-14)4-11(6-12)9(2)7-13/h4-6,9H,2-3,7H2,1H3. The van der Waals surface area contributed by atoms with Crippen molar-refractivity contribution in [2.45, 2.75) is 12.8 Å². The minimum atomic E-state index is -0.541. The predicted molar refractivity (Wildman–Crippen MR) is 56.4 cm³/mol. The second-order valence-corrected chi connectivity index (χ2v) is 3.19. The number of rotatable bonds is 4. The van der Waals surface area contributed by atoms with Crippen molar-refractivity contribution in [2.24, 2.45) is 0 Å². The van der Waals surface area contributed by atoms with E-state index in [1.165, 1.54) is 0 Å². The Bertz CT molecular complexity index is 370. The lowest BCUT2D eigenvalue weighted by molar-refractivity contribution is 0.339. The minimum Gasteiger partial charge on any atom is -0.494 e. The molecule has 0 fully saturated rings. The zero-order chi connectivity index (χ0) is 11.3. The normalized spacial score (nSPS) is 11.9. The molecule has 0 bridgehead atoms. The minimum absolute atomic E-state index is 0.447. The van der Waals surface area contributed by atoms with E-state index in [2.05, 4.69) is 6.92 Å². The van der Waals surface area contributed by atoms with Gasteiger partial charge < -0.3 is 4.74 Å². The van der Waals surface area contributed by atoms with Crippen molar-refractivity contribution in [1.82, 2.24) is 0 Å². The number of hydrogen-bond donors (Lipinski definition) is 0. The maximum Gasteiger partial charge on any atom is 0.120 e. The van der Waals surface area contributed by atoms with Crippen molar-refractivity contribution >= 4 is 0 Å². The third kappa shape index (κ3) is 2.95. The molecule has 0 aromatic heterocycles. The average molecular weight is 206 g/mol. The first-order valence-electron chi connectivity index (χ1n) is 4.78. The van der Waals surface area contributed by atoms with Crippen LogP contribution in [0.5, 0.6) is 5.75 Å².